The molecule has 10 heteroatoms. The Morgan fingerprint density at radius 2 is 2.13 bits per heavy atom. The van der Waals surface area contributed by atoms with Crippen molar-refractivity contribution in [3.05, 3.63) is 73.3 Å². The summed E-state index contributed by atoms with van der Waals surface area (Å²) in [6, 6.07) is 10.9. The van der Waals surface area contributed by atoms with Crippen LogP contribution in [0.15, 0.2) is 46.6 Å². The Bertz CT molecular complexity index is 1250. The summed E-state index contributed by atoms with van der Waals surface area (Å²) >= 11 is 7.57. The molecule has 0 aliphatic heterocycles. The Balaban J connectivity index is 1.46. The van der Waals surface area contributed by atoms with Crippen LogP contribution in [0.3, 0.4) is 0 Å². The van der Waals surface area contributed by atoms with E-state index in [1.807, 2.05) is 17.5 Å². The van der Waals surface area contributed by atoms with Gasteiger partial charge in [0.05, 0.1) is 12.2 Å². The number of carbonyl (C=O) groups excluding carboxylic acids is 1. The van der Waals surface area contributed by atoms with Gasteiger partial charge in [0.1, 0.15) is 0 Å². The number of fused-ring (bicyclic) bond motifs is 1. The third-order valence-electron chi connectivity index (χ3n) is 4.52. The SMILES string of the molecule is Cc1nc2nc(NCc3cccs3)[nH]n2c(=O)c1CCC(=O)Nc1cccc(Cl)c1. The van der Waals surface area contributed by atoms with E-state index in [4.69, 9.17) is 11.6 Å². The van der Waals surface area contributed by atoms with Gasteiger partial charge in [0, 0.05) is 27.6 Å². The number of aromatic nitrogens is 4. The van der Waals surface area contributed by atoms with Crippen molar-refractivity contribution < 1.29 is 4.79 Å². The highest BCUT2D eigenvalue weighted by molar-refractivity contribution is 7.09. The molecule has 8 nitrogen and oxygen atoms in total. The van der Waals surface area contributed by atoms with Gasteiger partial charge in [-0.3, -0.25) is 14.7 Å². The molecule has 0 aliphatic rings. The number of rotatable bonds is 7. The van der Waals surface area contributed by atoms with Gasteiger partial charge in [-0.2, -0.15) is 9.50 Å². The van der Waals surface area contributed by atoms with Gasteiger partial charge in [0.2, 0.25) is 11.9 Å². The topological polar surface area (TPSA) is 104 Å². The quantitative estimate of drug-likeness (QED) is 0.405. The Kier molecular flexibility index (Phi) is 5.82. The van der Waals surface area contributed by atoms with Gasteiger partial charge in [-0.15, -0.1) is 11.3 Å². The van der Waals surface area contributed by atoms with Crippen LogP contribution in [0.25, 0.3) is 5.78 Å². The number of thiophene rings is 1. The second-order valence-electron chi connectivity index (χ2n) is 6.68. The maximum Gasteiger partial charge on any atom is 0.277 e. The zero-order chi connectivity index (χ0) is 21.1. The minimum atomic E-state index is -0.260. The molecular formula is C20H19ClN6O2S. The first-order valence-corrected chi connectivity index (χ1v) is 10.6. The first-order valence-electron chi connectivity index (χ1n) is 9.29. The van der Waals surface area contributed by atoms with Crippen molar-refractivity contribution in [3.63, 3.8) is 0 Å². The molecule has 1 amide bonds. The smallest absolute Gasteiger partial charge is 0.277 e. The van der Waals surface area contributed by atoms with Crippen LogP contribution in [0.1, 0.15) is 22.6 Å². The van der Waals surface area contributed by atoms with Crippen LogP contribution in [0.2, 0.25) is 5.02 Å². The number of aryl methyl sites for hydroxylation is 1. The van der Waals surface area contributed by atoms with E-state index in [2.05, 4.69) is 25.7 Å². The van der Waals surface area contributed by atoms with E-state index in [1.54, 1.807) is 42.5 Å². The van der Waals surface area contributed by atoms with E-state index in [-0.39, 0.29) is 24.3 Å². The molecule has 0 aliphatic carbocycles. The number of hydrogen-bond acceptors (Lipinski definition) is 6. The van der Waals surface area contributed by atoms with E-state index in [9.17, 15) is 9.59 Å². The second-order valence-corrected chi connectivity index (χ2v) is 8.15. The van der Waals surface area contributed by atoms with Gasteiger partial charge >= 0.3 is 0 Å². The Morgan fingerprint density at radius 3 is 2.90 bits per heavy atom. The Morgan fingerprint density at radius 1 is 1.27 bits per heavy atom. The van der Waals surface area contributed by atoms with Gasteiger partial charge in [-0.25, -0.2) is 4.98 Å². The van der Waals surface area contributed by atoms with E-state index >= 15 is 0 Å². The predicted octanol–water partition coefficient (Wildman–Crippen LogP) is 3.62. The number of nitrogens with zero attached hydrogens (tertiary/aromatic N) is 3. The molecule has 0 saturated carbocycles. The molecule has 0 saturated heterocycles. The molecular weight excluding hydrogens is 424 g/mol. The summed E-state index contributed by atoms with van der Waals surface area (Å²) in [7, 11) is 0. The van der Waals surface area contributed by atoms with Crippen molar-refractivity contribution in [2.75, 3.05) is 10.6 Å². The number of amides is 1. The van der Waals surface area contributed by atoms with Gasteiger partial charge in [0.15, 0.2) is 0 Å². The van der Waals surface area contributed by atoms with Gasteiger partial charge in [-0.05, 0) is 43.0 Å². The number of aromatic amines is 1. The van der Waals surface area contributed by atoms with Crippen LogP contribution in [-0.2, 0) is 17.8 Å². The zero-order valence-corrected chi connectivity index (χ0v) is 17.7. The molecule has 30 heavy (non-hydrogen) atoms. The van der Waals surface area contributed by atoms with Crippen molar-refractivity contribution in [2.24, 2.45) is 0 Å². The summed E-state index contributed by atoms with van der Waals surface area (Å²) in [4.78, 5) is 35.1. The fraction of sp³-hybridized carbons (Fsp3) is 0.200. The van der Waals surface area contributed by atoms with E-state index < -0.39 is 0 Å². The van der Waals surface area contributed by atoms with Crippen molar-refractivity contribution in [2.45, 2.75) is 26.3 Å². The summed E-state index contributed by atoms with van der Waals surface area (Å²) in [5.41, 5.74) is 1.39. The van der Waals surface area contributed by atoms with Gasteiger partial charge in [0.25, 0.3) is 11.3 Å². The first-order chi connectivity index (χ1) is 14.5. The molecule has 1 aromatic carbocycles. The Labute approximate surface area is 180 Å². The maximum absolute atomic E-state index is 12.9. The fourth-order valence-corrected chi connectivity index (χ4v) is 3.87. The lowest BCUT2D eigenvalue weighted by Gasteiger charge is -2.07. The van der Waals surface area contributed by atoms with E-state index in [0.29, 0.717) is 40.2 Å². The average Bonchev–Trinajstić information content (AvgIpc) is 3.35. The number of carbonyl (C=O) groups is 1. The molecule has 154 valence electrons. The predicted molar refractivity (Wildman–Crippen MR) is 118 cm³/mol. The van der Waals surface area contributed by atoms with E-state index in [1.165, 1.54) is 4.52 Å². The number of benzene rings is 1. The standard InChI is InChI=1S/C20H19ClN6O2S/c1-12-16(7-8-17(28)24-14-5-2-4-13(21)10-14)18(29)27-20(23-12)25-19(26-27)22-11-15-6-3-9-30-15/h2-6,9-10H,7-8,11H2,1H3,(H,24,28)(H2,22,23,25,26). The average molecular weight is 443 g/mol. The molecule has 3 aromatic heterocycles. The van der Waals surface area contributed by atoms with Crippen molar-refractivity contribution >= 4 is 46.3 Å². The molecule has 0 atom stereocenters. The lowest BCUT2D eigenvalue weighted by atomic mass is 10.1. The fourth-order valence-electron chi connectivity index (χ4n) is 3.03. The highest BCUT2D eigenvalue weighted by Gasteiger charge is 2.15. The summed E-state index contributed by atoms with van der Waals surface area (Å²) in [5, 5.41) is 11.4. The van der Waals surface area contributed by atoms with Gasteiger partial charge in [-0.1, -0.05) is 23.7 Å². The first kappa shape index (κ1) is 20.1. The molecule has 3 heterocycles. The van der Waals surface area contributed by atoms with Crippen LogP contribution in [0, 0.1) is 6.92 Å². The van der Waals surface area contributed by atoms with Gasteiger partial charge < -0.3 is 10.6 Å². The summed E-state index contributed by atoms with van der Waals surface area (Å²) in [6.45, 7) is 2.35. The molecule has 0 radical (unpaired) electrons. The number of halogens is 1. The summed E-state index contributed by atoms with van der Waals surface area (Å²) in [5.74, 6) is 0.547. The van der Waals surface area contributed by atoms with Crippen molar-refractivity contribution in [3.8, 4) is 0 Å². The number of anilines is 2. The van der Waals surface area contributed by atoms with Crippen molar-refractivity contribution in [1.29, 1.82) is 0 Å². The molecule has 0 spiro atoms. The van der Waals surface area contributed by atoms with Crippen LogP contribution in [0.4, 0.5) is 11.6 Å². The second kappa shape index (κ2) is 8.68. The normalized spacial score (nSPS) is 11.0. The van der Waals surface area contributed by atoms with Crippen molar-refractivity contribution in [1.82, 2.24) is 19.6 Å². The highest BCUT2D eigenvalue weighted by Crippen LogP contribution is 2.16. The zero-order valence-electron chi connectivity index (χ0n) is 16.1. The molecule has 0 unspecified atom stereocenters. The Hall–Kier alpha value is -3.17. The highest BCUT2D eigenvalue weighted by atomic mass is 35.5. The van der Waals surface area contributed by atoms with Crippen LogP contribution in [-0.4, -0.2) is 25.5 Å². The lowest BCUT2D eigenvalue weighted by molar-refractivity contribution is -0.116. The largest absolute Gasteiger partial charge is 0.350 e. The minimum Gasteiger partial charge on any atom is -0.350 e. The van der Waals surface area contributed by atoms with Crippen LogP contribution >= 0.6 is 22.9 Å². The maximum atomic E-state index is 12.9. The van der Waals surface area contributed by atoms with Crippen LogP contribution in [0.5, 0.6) is 0 Å². The molecule has 0 fully saturated rings. The summed E-state index contributed by atoms with van der Waals surface area (Å²) in [6.07, 6.45) is 0.415. The third kappa shape index (κ3) is 4.52. The molecule has 3 N–H and O–H groups in total. The minimum absolute atomic E-state index is 0.147. The third-order valence-corrected chi connectivity index (χ3v) is 5.63. The molecule has 4 aromatic rings. The number of nitrogens with one attached hydrogen (secondary N) is 3. The monoisotopic (exact) mass is 442 g/mol. The van der Waals surface area contributed by atoms with E-state index in [0.717, 1.165) is 4.88 Å². The number of H-pyrrole nitrogens is 1. The lowest BCUT2D eigenvalue weighted by Crippen LogP contribution is -2.23. The number of hydrogen-bond donors (Lipinski definition) is 3. The van der Waals surface area contributed by atoms with Crippen LogP contribution < -0.4 is 16.2 Å². The molecule has 4 rings (SSSR count). The summed E-state index contributed by atoms with van der Waals surface area (Å²) < 4.78 is 1.30. The molecule has 0 bridgehead atoms.